The SMILES string of the molecule is CCOC(=O)O[C@]1(C(=O)COC(=O)Cc2ccccc2)CCC2C3CCC4=CC(=O)C=CC4(C)C3C(O)CC21C. The number of aliphatic hydroxyl groups excluding tert-OH is 1. The van der Waals surface area contributed by atoms with Gasteiger partial charge in [0.1, 0.15) is 0 Å². The van der Waals surface area contributed by atoms with E-state index in [0.29, 0.717) is 6.42 Å². The molecule has 4 aliphatic rings. The van der Waals surface area contributed by atoms with Gasteiger partial charge in [-0.25, -0.2) is 4.79 Å². The van der Waals surface area contributed by atoms with Gasteiger partial charge in [-0.15, -0.1) is 0 Å². The van der Waals surface area contributed by atoms with Crippen molar-refractivity contribution in [3.05, 3.63) is 59.7 Å². The zero-order chi connectivity index (χ0) is 28.7. The van der Waals surface area contributed by atoms with Crippen LogP contribution in [-0.4, -0.2) is 53.7 Å². The summed E-state index contributed by atoms with van der Waals surface area (Å²) in [6, 6.07) is 9.10. The molecule has 0 amide bonds. The van der Waals surface area contributed by atoms with Gasteiger partial charge in [0.15, 0.2) is 18.0 Å². The zero-order valence-electron chi connectivity index (χ0n) is 23.4. The summed E-state index contributed by atoms with van der Waals surface area (Å²) < 4.78 is 16.4. The Morgan fingerprint density at radius 3 is 2.55 bits per heavy atom. The number of Topliss-reactive ketones (excluding diaryl/α,β-unsaturated/α-hetero) is 1. The molecule has 6 unspecified atom stereocenters. The van der Waals surface area contributed by atoms with Gasteiger partial charge in [-0.05, 0) is 68.6 Å². The fraction of sp³-hybridized carbons (Fsp3) is 0.562. The Morgan fingerprint density at radius 2 is 1.82 bits per heavy atom. The third-order valence-electron chi connectivity index (χ3n) is 10.1. The van der Waals surface area contributed by atoms with E-state index >= 15 is 0 Å². The normalized spacial score (nSPS) is 36.0. The van der Waals surface area contributed by atoms with Crippen molar-refractivity contribution in [1.29, 1.82) is 0 Å². The Hall–Kier alpha value is -3.26. The Kier molecular flexibility index (Phi) is 7.50. The molecular weight excluding hydrogens is 512 g/mol. The van der Waals surface area contributed by atoms with Gasteiger partial charge >= 0.3 is 12.1 Å². The Balaban J connectivity index is 1.42. The highest BCUT2D eigenvalue weighted by Gasteiger charge is 2.70. The summed E-state index contributed by atoms with van der Waals surface area (Å²) in [7, 11) is 0. The lowest BCUT2D eigenvalue weighted by molar-refractivity contribution is -0.185. The van der Waals surface area contributed by atoms with E-state index < -0.39 is 47.0 Å². The molecule has 0 heterocycles. The van der Waals surface area contributed by atoms with Crippen LogP contribution in [0.25, 0.3) is 0 Å². The predicted octanol–water partition coefficient (Wildman–Crippen LogP) is 4.53. The molecule has 5 rings (SSSR count). The van der Waals surface area contributed by atoms with Crippen molar-refractivity contribution in [3.63, 3.8) is 0 Å². The second-order valence-electron chi connectivity index (χ2n) is 12.1. The van der Waals surface area contributed by atoms with E-state index in [4.69, 9.17) is 14.2 Å². The molecule has 8 nitrogen and oxygen atoms in total. The average molecular weight is 551 g/mol. The monoisotopic (exact) mass is 550 g/mol. The summed E-state index contributed by atoms with van der Waals surface area (Å²) in [5.74, 6) is -1.18. The van der Waals surface area contributed by atoms with Crippen LogP contribution in [0.4, 0.5) is 4.79 Å². The average Bonchev–Trinajstić information content (AvgIpc) is 3.20. The fourth-order valence-corrected chi connectivity index (χ4v) is 8.36. The Bertz CT molecular complexity index is 1250. The summed E-state index contributed by atoms with van der Waals surface area (Å²) in [5.41, 5.74) is -1.14. The van der Waals surface area contributed by atoms with Crippen LogP contribution in [0, 0.1) is 28.6 Å². The summed E-state index contributed by atoms with van der Waals surface area (Å²) in [6.07, 6.45) is 6.09. The fourth-order valence-electron chi connectivity index (χ4n) is 8.36. The van der Waals surface area contributed by atoms with Gasteiger partial charge < -0.3 is 19.3 Å². The summed E-state index contributed by atoms with van der Waals surface area (Å²) in [4.78, 5) is 51.4. The molecule has 0 bridgehead atoms. The second-order valence-corrected chi connectivity index (χ2v) is 12.1. The first-order valence-corrected chi connectivity index (χ1v) is 14.2. The number of hydrogen-bond donors (Lipinski definition) is 1. The molecule has 3 fully saturated rings. The maximum Gasteiger partial charge on any atom is 0.509 e. The smallest absolute Gasteiger partial charge is 0.457 e. The van der Waals surface area contributed by atoms with Crippen LogP contribution in [0.3, 0.4) is 0 Å². The molecule has 0 aromatic heterocycles. The van der Waals surface area contributed by atoms with Gasteiger partial charge in [0.25, 0.3) is 0 Å². The van der Waals surface area contributed by atoms with Gasteiger partial charge in [-0.1, -0.05) is 55.8 Å². The van der Waals surface area contributed by atoms with E-state index in [2.05, 4.69) is 6.92 Å². The zero-order valence-corrected chi connectivity index (χ0v) is 23.4. The van der Waals surface area contributed by atoms with E-state index in [1.165, 1.54) is 0 Å². The van der Waals surface area contributed by atoms with E-state index in [0.717, 1.165) is 24.0 Å². The largest absolute Gasteiger partial charge is 0.509 e. The van der Waals surface area contributed by atoms with Crippen molar-refractivity contribution < 1.29 is 38.5 Å². The van der Waals surface area contributed by atoms with Crippen LogP contribution in [0.2, 0.25) is 0 Å². The van der Waals surface area contributed by atoms with Crippen molar-refractivity contribution in [2.24, 2.45) is 28.6 Å². The lowest BCUT2D eigenvalue weighted by atomic mass is 9.46. The molecule has 0 radical (unpaired) electrons. The Labute approximate surface area is 234 Å². The number of ether oxygens (including phenoxy) is 3. The van der Waals surface area contributed by atoms with E-state index in [1.54, 1.807) is 31.2 Å². The van der Waals surface area contributed by atoms with Crippen LogP contribution < -0.4 is 0 Å². The van der Waals surface area contributed by atoms with Crippen LogP contribution in [0.15, 0.2) is 54.1 Å². The second kappa shape index (κ2) is 10.6. The molecule has 0 spiro atoms. The minimum absolute atomic E-state index is 0.0205. The van der Waals surface area contributed by atoms with E-state index in [1.807, 2.05) is 31.2 Å². The number of benzene rings is 1. The molecule has 1 N–H and O–H groups in total. The van der Waals surface area contributed by atoms with Crippen LogP contribution >= 0.6 is 0 Å². The minimum Gasteiger partial charge on any atom is -0.457 e. The van der Waals surface area contributed by atoms with Crippen molar-refractivity contribution in [2.75, 3.05) is 13.2 Å². The van der Waals surface area contributed by atoms with Crippen LogP contribution in [0.5, 0.6) is 0 Å². The number of hydrogen-bond acceptors (Lipinski definition) is 8. The van der Waals surface area contributed by atoms with Crippen molar-refractivity contribution in [3.8, 4) is 0 Å². The maximum atomic E-state index is 14.0. The first-order valence-electron chi connectivity index (χ1n) is 14.2. The third kappa shape index (κ3) is 4.60. The third-order valence-corrected chi connectivity index (χ3v) is 10.1. The Morgan fingerprint density at radius 1 is 1.07 bits per heavy atom. The minimum atomic E-state index is -1.60. The molecule has 7 atom stereocenters. The van der Waals surface area contributed by atoms with Crippen LogP contribution in [0.1, 0.15) is 58.4 Å². The van der Waals surface area contributed by atoms with Gasteiger partial charge in [-0.2, -0.15) is 0 Å². The van der Waals surface area contributed by atoms with Crippen molar-refractivity contribution >= 4 is 23.7 Å². The van der Waals surface area contributed by atoms with Crippen LogP contribution in [-0.2, 0) is 35.0 Å². The highest BCUT2D eigenvalue weighted by atomic mass is 16.7. The van der Waals surface area contributed by atoms with Gasteiger partial charge in [0.05, 0.1) is 19.1 Å². The lowest BCUT2D eigenvalue weighted by Gasteiger charge is -2.59. The van der Waals surface area contributed by atoms with Gasteiger partial charge in [0, 0.05) is 16.7 Å². The first kappa shape index (κ1) is 28.3. The molecule has 8 heteroatoms. The van der Waals surface area contributed by atoms with Crippen molar-refractivity contribution in [1.82, 2.24) is 0 Å². The highest BCUT2D eigenvalue weighted by Crippen LogP contribution is 2.68. The molecule has 4 aliphatic carbocycles. The number of fused-ring (bicyclic) bond motifs is 5. The molecular formula is C32H38O8. The number of aliphatic hydroxyl groups is 1. The van der Waals surface area contributed by atoms with Gasteiger partial charge in [-0.3, -0.25) is 14.4 Å². The number of carbonyl (C=O) groups is 4. The summed E-state index contributed by atoms with van der Waals surface area (Å²) in [6.45, 7) is 5.21. The number of carbonyl (C=O) groups excluding carboxylic acids is 4. The molecule has 3 saturated carbocycles. The van der Waals surface area contributed by atoms with E-state index in [-0.39, 0.29) is 49.4 Å². The topological polar surface area (TPSA) is 116 Å². The number of esters is 1. The molecule has 214 valence electrons. The quantitative estimate of drug-likeness (QED) is 0.492. The molecule has 0 aliphatic heterocycles. The highest BCUT2D eigenvalue weighted by molar-refractivity contribution is 6.01. The number of ketones is 2. The number of allylic oxidation sites excluding steroid dienone is 4. The summed E-state index contributed by atoms with van der Waals surface area (Å²) in [5, 5.41) is 11.7. The molecule has 1 aromatic carbocycles. The standard InChI is InChI=1S/C32H38O8/c1-4-38-29(37)40-32(26(35)19-39-27(36)16-20-8-6-5-7-9-20)15-13-24-23-11-10-21-17-22(33)12-14-30(21,2)28(23)25(34)18-31(24,32)3/h5-9,12,14,17,23-25,28,34H,4,10-11,13,15-16,18-19H2,1-3H3/t23?,24?,25?,28?,30?,31?,32-/m0/s1. The van der Waals surface area contributed by atoms with Gasteiger partial charge in [0.2, 0.25) is 5.78 Å². The molecule has 1 aromatic rings. The molecule has 40 heavy (non-hydrogen) atoms. The molecule has 0 saturated heterocycles. The predicted molar refractivity (Wildman–Crippen MR) is 145 cm³/mol. The number of rotatable bonds is 7. The van der Waals surface area contributed by atoms with Crippen molar-refractivity contribution in [2.45, 2.75) is 71.0 Å². The summed E-state index contributed by atoms with van der Waals surface area (Å²) >= 11 is 0. The first-order chi connectivity index (χ1) is 19.0. The maximum absolute atomic E-state index is 14.0. The lowest BCUT2D eigenvalue weighted by Crippen LogP contribution is -2.63. The van der Waals surface area contributed by atoms with E-state index in [9.17, 15) is 24.3 Å².